The minimum absolute atomic E-state index is 0.0331. The van der Waals surface area contributed by atoms with Crippen molar-refractivity contribution in [2.24, 2.45) is 0 Å². The Morgan fingerprint density at radius 2 is 1.95 bits per heavy atom. The summed E-state index contributed by atoms with van der Waals surface area (Å²) in [4.78, 5) is 17.7. The lowest BCUT2D eigenvalue weighted by Crippen LogP contribution is -2.44. The van der Waals surface area contributed by atoms with E-state index in [0.717, 1.165) is 5.52 Å². The average molecular weight is 277 g/mol. The van der Waals surface area contributed by atoms with E-state index in [-0.39, 0.29) is 11.1 Å². The minimum Gasteiger partial charge on any atom is -0.332 e. The SMILES string of the molecule is CN(C)C(C)(C)Cn1c(=S)[nH]c2ccccc2c1=O. The molecule has 0 saturated carbocycles. The second-order valence-electron chi connectivity index (χ2n) is 5.57. The van der Waals surface area contributed by atoms with Gasteiger partial charge in [-0.2, -0.15) is 0 Å². The predicted octanol–water partition coefficient (Wildman–Crippen LogP) is 2.40. The fraction of sp³-hybridized carbons (Fsp3) is 0.429. The van der Waals surface area contributed by atoms with Crippen molar-refractivity contribution >= 4 is 23.1 Å². The highest BCUT2D eigenvalue weighted by Crippen LogP contribution is 2.13. The molecule has 0 aliphatic carbocycles. The van der Waals surface area contributed by atoms with Crippen LogP contribution < -0.4 is 5.56 Å². The maximum atomic E-state index is 12.5. The quantitative estimate of drug-likeness (QED) is 0.876. The van der Waals surface area contributed by atoms with Gasteiger partial charge in [-0.3, -0.25) is 9.36 Å². The van der Waals surface area contributed by atoms with Crippen LogP contribution in [0.5, 0.6) is 0 Å². The van der Waals surface area contributed by atoms with Crippen LogP contribution in [0.4, 0.5) is 0 Å². The van der Waals surface area contributed by atoms with E-state index in [0.29, 0.717) is 16.7 Å². The van der Waals surface area contributed by atoms with Gasteiger partial charge >= 0.3 is 0 Å². The number of hydrogen-bond donors (Lipinski definition) is 1. The van der Waals surface area contributed by atoms with Crippen LogP contribution in [0.3, 0.4) is 0 Å². The van der Waals surface area contributed by atoms with E-state index in [9.17, 15) is 4.79 Å². The van der Waals surface area contributed by atoms with E-state index in [2.05, 4.69) is 23.7 Å². The first-order valence-electron chi connectivity index (χ1n) is 6.22. The first kappa shape index (κ1) is 14.0. The molecule has 19 heavy (non-hydrogen) atoms. The van der Waals surface area contributed by atoms with Crippen molar-refractivity contribution in [3.63, 3.8) is 0 Å². The maximum absolute atomic E-state index is 12.5. The van der Waals surface area contributed by atoms with Crippen molar-refractivity contribution in [2.75, 3.05) is 14.1 Å². The fourth-order valence-electron chi connectivity index (χ4n) is 1.87. The van der Waals surface area contributed by atoms with E-state index >= 15 is 0 Å². The van der Waals surface area contributed by atoms with Gasteiger partial charge < -0.3 is 9.88 Å². The molecule has 1 N–H and O–H groups in total. The third-order valence-corrected chi connectivity index (χ3v) is 3.97. The van der Waals surface area contributed by atoms with Crippen LogP contribution >= 0.6 is 12.2 Å². The minimum atomic E-state index is -0.145. The molecule has 0 unspecified atom stereocenters. The van der Waals surface area contributed by atoms with Crippen LogP contribution in [0.15, 0.2) is 29.1 Å². The zero-order valence-corrected chi connectivity index (χ0v) is 12.5. The van der Waals surface area contributed by atoms with Crippen LogP contribution in [-0.4, -0.2) is 34.1 Å². The first-order valence-corrected chi connectivity index (χ1v) is 6.63. The number of H-pyrrole nitrogens is 1. The number of fused-ring (bicyclic) bond motifs is 1. The zero-order chi connectivity index (χ0) is 14.2. The van der Waals surface area contributed by atoms with Crippen molar-refractivity contribution in [1.82, 2.24) is 14.5 Å². The number of para-hydroxylation sites is 1. The highest BCUT2D eigenvalue weighted by Gasteiger charge is 2.22. The Hall–Kier alpha value is -1.46. The number of benzene rings is 1. The lowest BCUT2D eigenvalue weighted by Gasteiger charge is -2.33. The molecule has 0 radical (unpaired) electrons. The third-order valence-electron chi connectivity index (χ3n) is 3.65. The number of nitrogens with one attached hydrogen (secondary N) is 1. The van der Waals surface area contributed by atoms with Gasteiger partial charge in [-0.25, -0.2) is 0 Å². The molecule has 2 aromatic rings. The standard InChI is InChI=1S/C14H19N3OS/c1-14(2,16(3)4)9-17-12(18)10-7-5-6-8-11(10)15-13(17)19/h5-8H,9H2,1-4H3,(H,15,19). The van der Waals surface area contributed by atoms with Gasteiger partial charge in [-0.1, -0.05) is 12.1 Å². The van der Waals surface area contributed by atoms with E-state index in [1.807, 2.05) is 38.4 Å². The number of nitrogens with zero attached hydrogens (tertiary/aromatic N) is 2. The van der Waals surface area contributed by atoms with Gasteiger partial charge in [0.25, 0.3) is 5.56 Å². The molecule has 5 heteroatoms. The summed E-state index contributed by atoms with van der Waals surface area (Å²) in [5.41, 5.74) is 0.610. The van der Waals surface area contributed by atoms with Gasteiger partial charge in [0.2, 0.25) is 0 Å². The Morgan fingerprint density at radius 3 is 2.58 bits per heavy atom. The Morgan fingerprint density at radius 1 is 1.32 bits per heavy atom. The normalized spacial score (nSPS) is 12.3. The molecule has 0 saturated heterocycles. The lowest BCUT2D eigenvalue weighted by atomic mass is 10.0. The molecule has 102 valence electrons. The van der Waals surface area contributed by atoms with Gasteiger partial charge in [0.05, 0.1) is 10.9 Å². The zero-order valence-electron chi connectivity index (χ0n) is 11.7. The van der Waals surface area contributed by atoms with Gasteiger partial charge in [0, 0.05) is 12.1 Å². The smallest absolute Gasteiger partial charge is 0.262 e. The van der Waals surface area contributed by atoms with E-state index < -0.39 is 0 Å². The Labute approximate surface area is 117 Å². The summed E-state index contributed by atoms with van der Waals surface area (Å²) in [6.07, 6.45) is 0. The van der Waals surface area contributed by atoms with E-state index in [4.69, 9.17) is 12.2 Å². The van der Waals surface area contributed by atoms with Crippen molar-refractivity contribution in [3.05, 3.63) is 39.4 Å². The molecular weight excluding hydrogens is 258 g/mol. The summed E-state index contributed by atoms with van der Waals surface area (Å²) < 4.78 is 2.11. The molecule has 0 amide bonds. The van der Waals surface area contributed by atoms with Crippen molar-refractivity contribution in [1.29, 1.82) is 0 Å². The van der Waals surface area contributed by atoms with Crippen LogP contribution in [-0.2, 0) is 6.54 Å². The highest BCUT2D eigenvalue weighted by atomic mass is 32.1. The number of rotatable bonds is 3. The fourth-order valence-corrected chi connectivity index (χ4v) is 2.13. The molecule has 1 aromatic heterocycles. The summed E-state index contributed by atoms with van der Waals surface area (Å²) in [5.74, 6) is 0. The number of aromatic nitrogens is 2. The van der Waals surface area contributed by atoms with Crippen LogP contribution in [0, 0.1) is 4.77 Å². The second kappa shape index (κ2) is 4.90. The largest absolute Gasteiger partial charge is 0.332 e. The molecule has 0 aliphatic heterocycles. The molecule has 0 aliphatic rings. The van der Waals surface area contributed by atoms with Gasteiger partial charge in [0.1, 0.15) is 0 Å². The van der Waals surface area contributed by atoms with Crippen molar-refractivity contribution in [3.8, 4) is 0 Å². The molecule has 1 aromatic carbocycles. The highest BCUT2D eigenvalue weighted by molar-refractivity contribution is 7.71. The second-order valence-corrected chi connectivity index (χ2v) is 5.96. The maximum Gasteiger partial charge on any atom is 0.262 e. The Kier molecular flexibility index (Phi) is 3.60. The van der Waals surface area contributed by atoms with Crippen LogP contribution in [0.1, 0.15) is 13.8 Å². The molecule has 0 fully saturated rings. The van der Waals surface area contributed by atoms with Crippen LogP contribution in [0.2, 0.25) is 0 Å². The summed E-state index contributed by atoms with van der Waals surface area (Å²) in [5, 5.41) is 0.672. The predicted molar refractivity (Wildman–Crippen MR) is 81.2 cm³/mol. The summed E-state index contributed by atoms with van der Waals surface area (Å²) >= 11 is 5.31. The Bertz CT molecular complexity index is 712. The molecule has 0 bridgehead atoms. The molecule has 2 rings (SSSR count). The first-order chi connectivity index (χ1) is 8.83. The molecule has 0 atom stereocenters. The third kappa shape index (κ3) is 2.62. The molecule has 0 spiro atoms. The van der Waals surface area contributed by atoms with E-state index in [1.54, 1.807) is 4.57 Å². The molecule has 4 nitrogen and oxygen atoms in total. The number of hydrogen-bond acceptors (Lipinski definition) is 3. The Balaban J connectivity index is 2.62. The lowest BCUT2D eigenvalue weighted by molar-refractivity contribution is 0.167. The van der Waals surface area contributed by atoms with Gasteiger partial charge in [-0.15, -0.1) is 0 Å². The summed E-state index contributed by atoms with van der Waals surface area (Å²) in [7, 11) is 4.00. The summed E-state index contributed by atoms with van der Waals surface area (Å²) in [6, 6.07) is 7.44. The van der Waals surface area contributed by atoms with Gasteiger partial charge in [0.15, 0.2) is 4.77 Å². The van der Waals surface area contributed by atoms with E-state index in [1.165, 1.54) is 0 Å². The summed E-state index contributed by atoms with van der Waals surface area (Å²) in [6.45, 7) is 4.73. The average Bonchev–Trinajstić information content (AvgIpc) is 2.34. The monoisotopic (exact) mass is 277 g/mol. The van der Waals surface area contributed by atoms with Crippen molar-refractivity contribution in [2.45, 2.75) is 25.9 Å². The topological polar surface area (TPSA) is 41.0 Å². The molecule has 1 heterocycles. The van der Waals surface area contributed by atoms with Crippen molar-refractivity contribution < 1.29 is 0 Å². The van der Waals surface area contributed by atoms with Gasteiger partial charge in [-0.05, 0) is 52.3 Å². The van der Waals surface area contributed by atoms with Crippen LogP contribution in [0.25, 0.3) is 10.9 Å². The number of likely N-dealkylation sites (N-methyl/N-ethyl adjacent to an activating group) is 1. The molecular formula is C14H19N3OS. The number of aromatic amines is 1.